The molecule has 120 valence electrons. The van der Waals surface area contributed by atoms with Crippen molar-refractivity contribution in [2.75, 3.05) is 13.1 Å². The Hall–Kier alpha value is -1.76. The first-order valence-electron chi connectivity index (χ1n) is 7.96. The number of hydrogen-bond donors (Lipinski definition) is 0. The topological polar surface area (TPSA) is 64.7 Å². The molecule has 0 radical (unpaired) electrons. The molecule has 3 heterocycles. The lowest BCUT2D eigenvalue weighted by Crippen LogP contribution is -2.38. The maximum atomic E-state index is 4.46. The second-order valence-corrected chi connectivity index (χ2v) is 7.12. The summed E-state index contributed by atoms with van der Waals surface area (Å²) in [5.41, 5.74) is -0.0260. The predicted octanol–water partition coefficient (Wildman–Crippen LogP) is 1.54. The van der Waals surface area contributed by atoms with Crippen LogP contribution in [0.5, 0.6) is 0 Å². The van der Waals surface area contributed by atoms with Crippen LogP contribution in [-0.2, 0) is 18.6 Å². The molecule has 0 N–H and O–H groups in total. The summed E-state index contributed by atoms with van der Waals surface area (Å²) < 4.78 is 3.97. The Kier molecular flexibility index (Phi) is 4.24. The summed E-state index contributed by atoms with van der Waals surface area (Å²) in [6, 6.07) is 0. The molecule has 1 saturated heterocycles. The summed E-state index contributed by atoms with van der Waals surface area (Å²) in [5.74, 6) is 1.68. The van der Waals surface area contributed by atoms with E-state index >= 15 is 0 Å². The lowest BCUT2D eigenvalue weighted by Gasteiger charge is -2.33. The van der Waals surface area contributed by atoms with Crippen LogP contribution in [0.1, 0.15) is 39.4 Å². The highest BCUT2D eigenvalue weighted by molar-refractivity contribution is 4.91. The Morgan fingerprint density at radius 2 is 2.09 bits per heavy atom. The van der Waals surface area contributed by atoms with E-state index in [1.165, 1.54) is 12.8 Å². The third-order valence-corrected chi connectivity index (χ3v) is 4.13. The largest absolute Gasteiger partial charge is 0.296 e. The fraction of sp³-hybridized carbons (Fsp3) is 0.733. The van der Waals surface area contributed by atoms with Crippen LogP contribution in [0.25, 0.3) is 0 Å². The maximum Gasteiger partial charge on any atom is 0.141 e. The average molecular weight is 303 g/mol. The number of hydrogen-bond acceptors (Lipinski definition) is 5. The molecule has 0 spiro atoms. The second-order valence-electron chi connectivity index (χ2n) is 7.12. The van der Waals surface area contributed by atoms with E-state index in [0.717, 1.165) is 32.0 Å². The van der Waals surface area contributed by atoms with Gasteiger partial charge in [0.1, 0.15) is 24.8 Å². The standard InChI is InChI=1S/C15H25N7/c1-15(2,3)22-14(17-11-19-22)9-20-6-4-5-13(7-20)8-21-12-16-10-18-21/h10-13H,4-9H2,1-3H3/t13-/m0/s1. The molecular weight excluding hydrogens is 278 g/mol. The molecule has 0 amide bonds. The first kappa shape index (κ1) is 15.1. The zero-order valence-corrected chi connectivity index (χ0v) is 13.7. The summed E-state index contributed by atoms with van der Waals surface area (Å²) in [6.45, 7) is 10.5. The second kappa shape index (κ2) is 6.16. The molecule has 0 unspecified atom stereocenters. The first-order valence-corrected chi connectivity index (χ1v) is 7.96. The van der Waals surface area contributed by atoms with Gasteiger partial charge >= 0.3 is 0 Å². The van der Waals surface area contributed by atoms with Gasteiger partial charge < -0.3 is 0 Å². The molecule has 1 atom stereocenters. The van der Waals surface area contributed by atoms with E-state index in [2.05, 4.69) is 45.8 Å². The summed E-state index contributed by atoms with van der Waals surface area (Å²) in [4.78, 5) is 11.0. The minimum atomic E-state index is -0.0260. The average Bonchev–Trinajstić information content (AvgIpc) is 3.10. The molecule has 1 aliphatic heterocycles. The molecule has 7 heteroatoms. The van der Waals surface area contributed by atoms with Crippen LogP contribution in [-0.4, -0.2) is 47.5 Å². The Labute approximate surface area is 131 Å². The van der Waals surface area contributed by atoms with E-state index in [9.17, 15) is 0 Å². The summed E-state index contributed by atoms with van der Waals surface area (Å²) in [6.07, 6.45) is 7.55. The van der Waals surface area contributed by atoms with Crippen molar-refractivity contribution in [3.63, 3.8) is 0 Å². The molecule has 0 aromatic carbocycles. The lowest BCUT2D eigenvalue weighted by atomic mass is 9.98. The Bertz CT molecular complexity index is 581. The Balaban J connectivity index is 1.62. The Morgan fingerprint density at radius 1 is 1.23 bits per heavy atom. The minimum Gasteiger partial charge on any atom is -0.296 e. The number of piperidine rings is 1. The monoisotopic (exact) mass is 303 g/mol. The fourth-order valence-electron chi connectivity index (χ4n) is 3.17. The number of rotatable bonds is 4. The van der Waals surface area contributed by atoms with E-state index in [-0.39, 0.29) is 5.54 Å². The summed E-state index contributed by atoms with van der Waals surface area (Å²) in [5, 5.41) is 8.61. The molecular formula is C15H25N7. The van der Waals surface area contributed by atoms with Gasteiger partial charge in [-0.25, -0.2) is 14.6 Å². The molecule has 2 aromatic heterocycles. The highest BCUT2D eigenvalue weighted by Crippen LogP contribution is 2.21. The molecule has 0 saturated carbocycles. The van der Waals surface area contributed by atoms with Gasteiger partial charge in [-0.15, -0.1) is 0 Å². The van der Waals surface area contributed by atoms with Crippen molar-refractivity contribution >= 4 is 0 Å². The third-order valence-electron chi connectivity index (χ3n) is 4.13. The SMILES string of the molecule is CC(C)(C)n1ncnc1CN1CCC[C@H](Cn2cncn2)C1. The van der Waals surface area contributed by atoms with Crippen molar-refractivity contribution < 1.29 is 0 Å². The Morgan fingerprint density at radius 3 is 2.82 bits per heavy atom. The van der Waals surface area contributed by atoms with E-state index in [1.54, 1.807) is 19.0 Å². The van der Waals surface area contributed by atoms with Gasteiger partial charge in [0.2, 0.25) is 0 Å². The van der Waals surface area contributed by atoms with Gasteiger partial charge in [-0.3, -0.25) is 9.58 Å². The van der Waals surface area contributed by atoms with Gasteiger partial charge in [0.05, 0.1) is 12.1 Å². The molecule has 22 heavy (non-hydrogen) atoms. The zero-order valence-electron chi connectivity index (χ0n) is 13.7. The summed E-state index contributed by atoms with van der Waals surface area (Å²) >= 11 is 0. The van der Waals surface area contributed by atoms with Crippen LogP contribution in [0.3, 0.4) is 0 Å². The molecule has 1 aliphatic rings. The van der Waals surface area contributed by atoms with E-state index in [1.807, 2.05) is 9.36 Å². The summed E-state index contributed by atoms with van der Waals surface area (Å²) in [7, 11) is 0. The first-order chi connectivity index (χ1) is 10.5. The smallest absolute Gasteiger partial charge is 0.141 e. The van der Waals surface area contributed by atoms with E-state index in [4.69, 9.17) is 0 Å². The van der Waals surface area contributed by atoms with E-state index in [0.29, 0.717) is 5.92 Å². The highest BCUT2D eigenvalue weighted by Gasteiger charge is 2.24. The molecule has 2 aromatic rings. The van der Waals surface area contributed by atoms with Crippen molar-refractivity contribution in [2.45, 2.75) is 52.2 Å². The van der Waals surface area contributed by atoms with Gasteiger partial charge in [0.15, 0.2) is 0 Å². The number of likely N-dealkylation sites (tertiary alicyclic amines) is 1. The lowest BCUT2D eigenvalue weighted by molar-refractivity contribution is 0.145. The van der Waals surface area contributed by atoms with Gasteiger partial charge in [0, 0.05) is 13.1 Å². The molecule has 0 bridgehead atoms. The molecule has 1 fully saturated rings. The van der Waals surface area contributed by atoms with Gasteiger partial charge in [-0.2, -0.15) is 10.2 Å². The van der Waals surface area contributed by atoms with Crippen molar-refractivity contribution in [1.29, 1.82) is 0 Å². The quantitative estimate of drug-likeness (QED) is 0.857. The van der Waals surface area contributed by atoms with E-state index < -0.39 is 0 Å². The van der Waals surface area contributed by atoms with Crippen molar-refractivity contribution in [2.24, 2.45) is 5.92 Å². The van der Waals surface area contributed by atoms with Gasteiger partial charge in [0.25, 0.3) is 0 Å². The van der Waals surface area contributed by atoms with Crippen LogP contribution < -0.4 is 0 Å². The third kappa shape index (κ3) is 3.52. The molecule has 7 nitrogen and oxygen atoms in total. The van der Waals surface area contributed by atoms with Crippen LogP contribution in [0.15, 0.2) is 19.0 Å². The zero-order chi connectivity index (χ0) is 15.6. The van der Waals surface area contributed by atoms with Crippen LogP contribution >= 0.6 is 0 Å². The fourth-order valence-corrected chi connectivity index (χ4v) is 3.17. The molecule has 3 rings (SSSR count). The molecule has 0 aliphatic carbocycles. The van der Waals surface area contributed by atoms with Crippen molar-refractivity contribution in [3.8, 4) is 0 Å². The van der Waals surface area contributed by atoms with Crippen molar-refractivity contribution in [3.05, 3.63) is 24.8 Å². The number of nitrogens with zero attached hydrogens (tertiary/aromatic N) is 7. The highest BCUT2D eigenvalue weighted by atomic mass is 15.4. The van der Waals surface area contributed by atoms with Crippen LogP contribution in [0, 0.1) is 5.92 Å². The minimum absolute atomic E-state index is 0.0260. The normalized spacial score (nSPS) is 20.4. The van der Waals surface area contributed by atoms with Crippen LogP contribution in [0.4, 0.5) is 0 Å². The number of aromatic nitrogens is 6. The maximum absolute atomic E-state index is 4.46. The van der Waals surface area contributed by atoms with Crippen molar-refractivity contribution in [1.82, 2.24) is 34.4 Å². The van der Waals surface area contributed by atoms with Crippen LogP contribution in [0.2, 0.25) is 0 Å². The van der Waals surface area contributed by atoms with Gasteiger partial charge in [-0.1, -0.05) is 0 Å². The van der Waals surface area contributed by atoms with Gasteiger partial charge in [-0.05, 0) is 46.1 Å². The predicted molar refractivity (Wildman–Crippen MR) is 83.0 cm³/mol.